The number of hydrogen-bond acceptors (Lipinski definition) is 7. The average Bonchev–Trinajstić information content (AvgIpc) is 3.38. The molecule has 0 spiro atoms. The van der Waals surface area contributed by atoms with Crippen molar-refractivity contribution in [2.75, 3.05) is 25.2 Å². The Bertz CT molecular complexity index is 1530. The second kappa shape index (κ2) is 9.85. The van der Waals surface area contributed by atoms with Crippen LogP contribution >= 0.6 is 0 Å². The maximum atomic E-state index is 13.8. The smallest absolute Gasteiger partial charge is 0.291 e. The van der Waals surface area contributed by atoms with Crippen LogP contribution in [0.2, 0.25) is 0 Å². The monoisotopic (exact) mass is 525 g/mol. The minimum atomic E-state index is -3.28. The Morgan fingerprint density at radius 3 is 2.59 bits per heavy atom. The number of rotatable bonds is 8. The lowest BCUT2D eigenvalue weighted by Gasteiger charge is -2.30. The number of methoxy groups -OCH3 is 1. The van der Waals surface area contributed by atoms with Crippen molar-refractivity contribution < 1.29 is 27.1 Å². The molecule has 1 amide bonds. The molecule has 37 heavy (non-hydrogen) atoms. The van der Waals surface area contributed by atoms with Crippen LogP contribution in [0.4, 0.5) is 0 Å². The first-order valence-electron chi connectivity index (χ1n) is 12.6. The molecule has 1 saturated heterocycles. The van der Waals surface area contributed by atoms with Gasteiger partial charge in [-0.3, -0.25) is 9.59 Å². The van der Waals surface area contributed by atoms with Crippen molar-refractivity contribution in [3.8, 4) is 11.5 Å². The van der Waals surface area contributed by atoms with Crippen LogP contribution in [0.3, 0.4) is 0 Å². The molecule has 1 aromatic heterocycles. The van der Waals surface area contributed by atoms with Gasteiger partial charge >= 0.3 is 0 Å². The van der Waals surface area contributed by atoms with Gasteiger partial charge in [-0.15, -0.1) is 0 Å². The molecule has 2 atom stereocenters. The number of carbonyl (C=O) groups excluding carboxylic acids is 1. The zero-order valence-corrected chi connectivity index (χ0v) is 22.1. The molecule has 0 bridgehead atoms. The number of amides is 1. The molecule has 8 nitrogen and oxygen atoms in total. The largest absolute Gasteiger partial charge is 0.493 e. The van der Waals surface area contributed by atoms with Crippen LogP contribution in [-0.2, 0) is 9.84 Å². The highest BCUT2D eigenvalue weighted by molar-refractivity contribution is 7.91. The zero-order chi connectivity index (χ0) is 26.3. The summed E-state index contributed by atoms with van der Waals surface area (Å²) in [5.74, 6) is 0.403. The van der Waals surface area contributed by atoms with E-state index in [1.54, 1.807) is 30.3 Å². The third kappa shape index (κ3) is 4.61. The number of aryl methyl sites for hydroxylation is 1. The van der Waals surface area contributed by atoms with E-state index in [1.807, 2.05) is 13.0 Å². The number of hydrogen-bond donors (Lipinski definition) is 0. The molecule has 2 aliphatic heterocycles. The normalized spacial score (nSPS) is 20.4. The van der Waals surface area contributed by atoms with E-state index in [-0.39, 0.29) is 28.3 Å². The zero-order valence-electron chi connectivity index (χ0n) is 21.3. The molecule has 2 aromatic carbocycles. The van der Waals surface area contributed by atoms with Crippen molar-refractivity contribution in [1.82, 2.24) is 4.90 Å². The van der Waals surface area contributed by atoms with Crippen molar-refractivity contribution in [3.63, 3.8) is 0 Å². The summed E-state index contributed by atoms with van der Waals surface area (Å²) in [6, 6.07) is 9.23. The Morgan fingerprint density at radius 2 is 1.89 bits per heavy atom. The topological polar surface area (TPSA) is 103 Å². The minimum Gasteiger partial charge on any atom is -0.493 e. The van der Waals surface area contributed by atoms with Gasteiger partial charge in [0.1, 0.15) is 5.58 Å². The standard InChI is InChI=1S/C28H31NO7S/c1-4-5-6-12-35-22-10-8-18(15-23(22)34-3)25-24-26(30)20-14-17(2)7-9-21(20)36-27(24)28(31)29(25)19-11-13-37(32,33)16-19/h7-10,14-15,19,25H,4-6,11-13,16H2,1-3H3. The summed E-state index contributed by atoms with van der Waals surface area (Å²) in [7, 11) is -1.75. The van der Waals surface area contributed by atoms with Gasteiger partial charge in [-0.1, -0.05) is 37.5 Å². The van der Waals surface area contributed by atoms with Crippen LogP contribution in [0, 0.1) is 6.92 Å². The van der Waals surface area contributed by atoms with Crippen LogP contribution < -0.4 is 14.9 Å². The quantitative estimate of drug-likeness (QED) is 0.401. The van der Waals surface area contributed by atoms with Gasteiger partial charge in [0.05, 0.1) is 42.2 Å². The molecule has 196 valence electrons. The highest BCUT2D eigenvalue weighted by Crippen LogP contribution is 2.43. The molecule has 3 heterocycles. The highest BCUT2D eigenvalue weighted by atomic mass is 32.2. The summed E-state index contributed by atoms with van der Waals surface area (Å²) in [6.45, 7) is 4.56. The first-order chi connectivity index (χ1) is 17.7. The fourth-order valence-corrected chi connectivity index (χ4v) is 7.02. The van der Waals surface area contributed by atoms with E-state index in [4.69, 9.17) is 13.9 Å². The number of unbranched alkanes of at least 4 members (excludes halogenated alkanes) is 2. The minimum absolute atomic E-state index is 0.000909. The summed E-state index contributed by atoms with van der Waals surface area (Å²) in [5.41, 5.74) is 1.79. The molecule has 5 rings (SSSR count). The van der Waals surface area contributed by atoms with E-state index in [2.05, 4.69) is 6.92 Å². The van der Waals surface area contributed by atoms with Gasteiger partial charge in [-0.2, -0.15) is 0 Å². The number of ether oxygens (including phenoxy) is 2. The van der Waals surface area contributed by atoms with Crippen LogP contribution in [0.5, 0.6) is 11.5 Å². The molecule has 1 fully saturated rings. The maximum absolute atomic E-state index is 13.8. The van der Waals surface area contributed by atoms with E-state index >= 15 is 0 Å². The van der Waals surface area contributed by atoms with Gasteiger partial charge in [-0.05, 0) is 49.6 Å². The molecule has 2 unspecified atom stereocenters. The summed E-state index contributed by atoms with van der Waals surface area (Å²) in [4.78, 5) is 29.0. The molecule has 3 aromatic rings. The van der Waals surface area contributed by atoms with Gasteiger partial charge in [0.25, 0.3) is 5.91 Å². The van der Waals surface area contributed by atoms with Crippen molar-refractivity contribution in [2.24, 2.45) is 0 Å². The second-order valence-corrected chi connectivity index (χ2v) is 12.0. The highest BCUT2D eigenvalue weighted by Gasteiger charge is 2.48. The van der Waals surface area contributed by atoms with E-state index < -0.39 is 27.8 Å². The molecule has 0 N–H and O–H groups in total. The van der Waals surface area contributed by atoms with E-state index in [0.717, 1.165) is 24.8 Å². The Balaban J connectivity index is 1.64. The van der Waals surface area contributed by atoms with Crippen molar-refractivity contribution in [2.45, 2.75) is 51.6 Å². The predicted molar refractivity (Wildman–Crippen MR) is 140 cm³/mol. The molecule has 0 radical (unpaired) electrons. The Morgan fingerprint density at radius 1 is 1.08 bits per heavy atom. The van der Waals surface area contributed by atoms with Gasteiger partial charge in [0.15, 0.2) is 26.8 Å². The number of sulfone groups is 1. The molecule has 2 aliphatic rings. The number of carbonyl (C=O) groups is 1. The van der Waals surface area contributed by atoms with Gasteiger partial charge in [0.2, 0.25) is 5.76 Å². The molecule has 0 saturated carbocycles. The van der Waals surface area contributed by atoms with Crippen LogP contribution in [0.15, 0.2) is 45.6 Å². The van der Waals surface area contributed by atoms with Gasteiger partial charge < -0.3 is 18.8 Å². The lowest BCUT2D eigenvalue weighted by molar-refractivity contribution is 0.0662. The average molecular weight is 526 g/mol. The van der Waals surface area contributed by atoms with Crippen molar-refractivity contribution >= 4 is 26.7 Å². The molecular formula is C28H31NO7S. The predicted octanol–water partition coefficient (Wildman–Crippen LogP) is 4.41. The SMILES string of the molecule is CCCCCOc1ccc(C2c3c(oc4ccc(C)cc4c3=O)C(=O)N2C2CCS(=O)(=O)C2)cc1OC. The lowest BCUT2D eigenvalue weighted by atomic mass is 9.97. The molecular weight excluding hydrogens is 494 g/mol. The third-order valence-corrected chi connectivity index (χ3v) is 8.92. The molecule has 0 aliphatic carbocycles. The van der Waals surface area contributed by atoms with Crippen LogP contribution in [-0.4, -0.2) is 50.5 Å². The fourth-order valence-electron chi connectivity index (χ4n) is 5.31. The summed E-state index contributed by atoms with van der Waals surface area (Å²) >= 11 is 0. The number of nitrogens with zero attached hydrogens (tertiary/aromatic N) is 1. The van der Waals surface area contributed by atoms with E-state index in [0.29, 0.717) is 41.1 Å². The summed E-state index contributed by atoms with van der Waals surface area (Å²) in [5, 5.41) is 0.389. The van der Waals surface area contributed by atoms with E-state index in [1.165, 1.54) is 12.0 Å². The lowest BCUT2D eigenvalue weighted by Crippen LogP contribution is -2.40. The summed E-state index contributed by atoms with van der Waals surface area (Å²) < 4.78 is 42.2. The Labute approximate surface area is 216 Å². The van der Waals surface area contributed by atoms with E-state index in [9.17, 15) is 18.0 Å². The fraction of sp³-hybridized carbons (Fsp3) is 0.429. The van der Waals surface area contributed by atoms with Crippen LogP contribution in [0.1, 0.15) is 65.9 Å². The third-order valence-electron chi connectivity index (χ3n) is 7.17. The van der Waals surface area contributed by atoms with Crippen molar-refractivity contribution in [1.29, 1.82) is 0 Å². The van der Waals surface area contributed by atoms with Gasteiger partial charge in [-0.25, -0.2) is 8.42 Å². The summed E-state index contributed by atoms with van der Waals surface area (Å²) in [6.07, 6.45) is 3.37. The second-order valence-electron chi connectivity index (χ2n) is 9.81. The van der Waals surface area contributed by atoms with Gasteiger partial charge in [0, 0.05) is 6.04 Å². The Hall–Kier alpha value is -3.33. The molecule has 9 heteroatoms. The van der Waals surface area contributed by atoms with Crippen LogP contribution in [0.25, 0.3) is 11.0 Å². The van der Waals surface area contributed by atoms with Crippen molar-refractivity contribution in [3.05, 3.63) is 69.1 Å². The first-order valence-corrected chi connectivity index (χ1v) is 14.5. The maximum Gasteiger partial charge on any atom is 0.291 e. The Kier molecular flexibility index (Phi) is 6.74. The number of benzene rings is 2. The first kappa shape index (κ1) is 25.3. The number of fused-ring (bicyclic) bond motifs is 2.